The number of rotatable bonds is 4. The summed E-state index contributed by atoms with van der Waals surface area (Å²) >= 11 is 23.4. The van der Waals surface area contributed by atoms with Gasteiger partial charge in [-0.25, -0.2) is 0 Å². The molecule has 0 atom stereocenters. The van der Waals surface area contributed by atoms with Gasteiger partial charge >= 0.3 is 0 Å². The quantitative estimate of drug-likeness (QED) is 0.671. The molecule has 0 radical (unpaired) electrons. The van der Waals surface area contributed by atoms with Crippen molar-refractivity contribution in [2.75, 3.05) is 0 Å². The second kappa shape index (κ2) is 6.68. The molecule has 6 heteroatoms. The van der Waals surface area contributed by atoms with E-state index in [4.69, 9.17) is 51.1 Å². The molecular formula is C14H8Cl4O2. The molecule has 2 nitrogen and oxygen atoms in total. The lowest BCUT2D eigenvalue weighted by Gasteiger charge is -2.11. The number of carbonyl (C=O) groups excluding carboxylic acids is 1. The second-order valence-electron chi connectivity index (χ2n) is 3.90. The number of carbonyl (C=O) groups is 1. The lowest BCUT2D eigenvalue weighted by molar-refractivity contribution is 0.108. The largest absolute Gasteiger partial charge is 0.489 e. The highest BCUT2D eigenvalue weighted by Gasteiger charge is 2.15. The van der Waals surface area contributed by atoms with E-state index in [2.05, 4.69) is 0 Å². The average Bonchev–Trinajstić information content (AvgIpc) is 2.40. The first kappa shape index (κ1) is 15.5. The van der Waals surface area contributed by atoms with Gasteiger partial charge in [0.25, 0.3) is 5.24 Å². The van der Waals surface area contributed by atoms with Gasteiger partial charge in [-0.15, -0.1) is 0 Å². The van der Waals surface area contributed by atoms with Gasteiger partial charge in [-0.1, -0.05) is 34.8 Å². The summed E-state index contributed by atoms with van der Waals surface area (Å²) in [6, 6.07) is 9.90. The molecule has 0 spiro atoms. The molecular weight excluding hydrogens is 342 g/mol. The number of benzene rings is 2. The van der Waals surface area contributed by atoms with Crippen molar-refractivity contribution in [2.45, 2.75) is 6.61 Å². The Bertz CT molecular complexity index is 638. The maximum absolute atomic E-state index is 11.2. The highest BCUT2D eigenvalue weighted by atomic mass is 35.5. The fraction of sp³-hybridized carbons (Fsp3) is 0.0714. The molecule has 0 amide bonds. The monoisotopic (exact) mass is 348 g/mol. The highest BCUT2D eigenvalue weighted by Crippen LogP contribution is 2.30. The van der Waals surface area contributed by atoms with Crippen LogP contribution in [0.1, 0.15) is 15.9 Å². The van der Waals surface area contributed by atoms with Crippen molar-refractivity contribution in [2.24, 2.45) is 0 Å². The van der Waals surface area contributed by atoms with Gasteiger partial charge in [-0.2, -0.15) is 0 Å². The molecule has 0 unspecified atom stereocenters. The number of hydrogen-bond acceptors (Lipinski definition) is 2. The van der Waals surface area contributed by atoms with Crippen LogP contribution >= 0.6 is 46.4 Å². The van der Waals surface area contributed by atoms with Crippen molar-refractivity contribution in [1.29, 1.82) is 0 Å². The van der Waals surface area contributed by atoms with Crippen LogP contribution in [0.25, 0.3) is 0 Å². The topological polar surface area (TPSA) is 26.3 Å². The van der Waals surface area contributed by atoms with Crippen LogP contribution in [0, 0.1) is 0 Å². The molecule has 2 aromatic rings. The zero-order valence-corrected chi connectivity index (χ0v) is 13.0. The van der Waals surface area contributed by atoms with Gasteiger partial charge in [0.15, 0.2) is 0 Å². The molecule has 0 aliphatic heterocycles. The molecule has 2 rings (SSSR count). The molecule has 0 N–H and O–H groups in total. The van der Waals surface area contributed by atoms with Crippen LogP contribution in [0.2, 0.25) is 15.1 Å². The standard InChI is InChI=1S/C14H8Cl4O2/c15-8-1-3-9(4-2-8)20-7-11-12(16)6-5-10(13(11)17)14(18)19/h1-6H,7H2. The van der Waals surface area contributed by atoms with Crippen LogP contribution in [0.15, 0.2) is 36.4 Å². The Morgan fingerprint density at radius 1 is 1.00 bits per heavy atom. The van der Waals surface area contributed by atoms with Gasteiger partial charge in [-0.3, -0.25) is 4.79 Å². The fourth-order valence-corrected chi connectivity index (χ4v) is 2.47. The van der Waals surface area contributed by atoms with Crippen LogP contribution in [0.3, 0.4) is 0 Å². The molecule has 0 saturated heterocycles. The Morgan fingerprint density at radius 2 is 1.65 bits per heavy atom. The van der Waals surface area contributed by atoms with Crippen LogP contribution in [0.4, 0.5) is 0 Å². The Hall–Kier alpha value is -0.930. The number of hydrogen-bond donors (Lipinski definition) is 0. The van der Waals surface area contributed by atoms with Crippen molar-refractivity contribution in [3.63, 3.8) is 0 Å². The normalized spacial score (nSPS) is 10.4. The van der Waals surface area contributed by atoms with E-state index < -0.39 is 5.24 Å². The summed E-state index contributed by atoms with van der Waals surface area (Å²) in [5.41, 5.74) is 0.710. The third-order valence-corrected chi connectivity index (χ3v) is 3.84. The van der Waals surface area contributed by atoms with Gasteiger partial charge in [-0.05, 0) is 48.0 Å². The summed E-state index contributed by atoms with van der Waals surface area (Å²) in [6.45, 7) is 0.122. The molecule has 0 saturated carbocycles. The van der Waals surface area contributed by atoms with Crippen LogP contribution in [0.5, 0.6) is 5.75 Å². The predicted octanol–water partition coefficient (Wildman–Crippen LogP) is 5.60. The zero-order chi connectivity index (χ0) is 14.7. The van der Waals surface area contributed by atoms with Crippen LogP contribution < -0.4 is 4.74 Å². The summed E-state index contributed by atoms with van der Waals surface area (Å²) in [7, 11) is 0. The molecule has 0 aromatic heterocycles. The molecule has 20 heavy (non-hydrogen) atoms. The third kappa shape index (κ3) is 3.58. The van der Waals surface area contributed by atoms with E-state index in [9.17, 15) is 4.79 Å². The van der Waals surface area contributed by atoms with Gasteiger partial charge in [0, 0.05) is 15.6 Å². The molecule has 0 heterocycles. The minimum atomic E-state index is -0.639. The summed E-state index contributed by atoms with van der Waals surface area (Å²) in [5.74, 6) is 0.615. The molecule has 0 bridgehead atoms. The predicted molar refractivity (Wildman–Crippen MR) is 82.4 cm³/mol. The Kier molecular flexibility index (Phi) is 5.17. The fourth-order valence-electron chi connectivity index (χ4n) is 1.57. The zero-order valence-electron chi connectivity index (χ0n) is 10.00. The van der Waals surface area contributed by atoms with E-state index in [0.29, 0.717) is 21.4 Å². The minimum Gasteiger partial charge on any atom is -0.489 e. The van der Waals surface area contributed by atoms with Gasteiger partial charge in [0.1, 0.15) is 12.4 Å². The first-order valence-corrected chi connectivity index (χ1v) is 7.05. The van der Waals surface area contributed by atoms with Crippen molar-refractivity contribution >= 4 is 51.6 Å². The van der Waals surface area contributed by atoms with E-state index in [1.807, 2.05) is 0 Å². The van der Waals surface area contributed by atoms with Crippen molar-refractivity contribution in [3.05, 3.63) is 62.6 Å². The van der Waals surface area contributed by atoms with E-state index in [0.717, 1.165) is 0 Å². The van der Waals surface area contributed by atoms with Gasteiger partial charge < -0.3 is 4.74 Å². The highest BCUT2D eigenvalue weighted by molar-refractivity contribution is 6.68. The second-order valence-corrected chi connectivity index (χ2v) is 5.47. The van der Waals surface area contributed by atoms with Gasteiger partial charge in [0.2, 0.25) is 0 Å². The van der Waals surface area contributed by atoms with E-state index in [1.54, 1.807) is 30.3 Å². The van der Waals surface area contributed by atoms with Crippen LogP contribution in [-0.2, 0) is 6.61 Å². The van der Waals surface area contributed by atoms with E-state index >= 15 is 0 Å². The van der Waals surface area contributed by atoms with E-state index in [1.165, 1.54) is 6.07 Å². The summed E-state index contributed by atoms with van der Waals surface area (Å²) < 4.78 is 5.56. The molecule has 0 aliphatic carbocycles. The van der Waals surface area contributed by atoms with Gasteiger partial charge in [0.05, 0.1) is 10.6 Å². The first-order chi connectivity index (χ1) is 9.49. The van der Waals surface area contributed by atoms with Crippen molar-refractivity contribution in [1.82, 2.24) is 0 Å². The summed E-state index contributed by atoms with van der Waals surface area (Å²) in [6.07, 6.45) is 0. The number of ether oxygens (including phenoxy) is 1. The smallest absolute Gasteiger partial charge is 0.253 e. The maximum Gasteiger partial charge on any atom is 0.253 e. The first-order valence-electron chi connectivity index (χ1n) is 5.54. The molecule has 104 valence electrons. The lowest BCUT2D eigenvalue weighted by atomic mass is 10.1. The minimum absolute atomic E-state index is 0.122. The van der Waals surface area contributed by atoms with Crippen LogP contribution in [-0.4, -0.2) is 5.24 Å². The maximum atomic E-state index is 11.2. The van der Waals surface area contributed by atoms with Crippen molar-refractivity contribution < 1.29 is 9.53 Å². The Labute approximate surface area is 136 Å². The SMILES string of the molecule is O=C(Cl)c1ccc(Cl)c(COc2ccc(Cl)cc2)c1Cl. The molecule has 0 aliphatic rings. The summed E-state index contributed by atoms with van der Waals surface area (Å²) in [4.78, 5) is 11.2. The molecule has 0 fully saturated rings. The third-order valence-electron chi connectivity index (χ3n) is 2.59. The lowest BCUT2D eigenvalue weighted by Crippen LogP contribution is -2.01. The van der Waals surface area contributed by atoms with Crippen molar-refractivity contribution in [3.8, 4) is 5.75 Å². The average molecular weight is 350 g/mol. The summed E-state index contributed by atoms with van der Waals surface area (Å²) in [5, 5.41) is 0.583. The Balaban J connectivity index is 2.22. The Morgan fingerprint density at radius 3 is 2.25 bits per heavy atom. The molecule has 2 aromatic carbocycles. The number of halogens is 4. The van der Waals surface area contributed by atoms with E-state index in [-0.39, 0.29) is 17.2 Å².